The molecule has 4 rings (SSSR count). The average molecular weight is 387 g/mol. The van der Waals surface area contributed by atoms with E-state index >= 15 is 0 Å². The van der Waals surface area contributed by atoms with Crippen molar-refractivity contribution in [1.82, 2.24) is 14.9 Å². The number of thiazole rings is 1. The first-order valence-electron chi connectivity index (χ1n) is 8.89. The van der Waals surface area contributed by atoms with Crippen LogP contribution in [0.5, 0.6) is 5.88 Å². The fourth-order valence-electron chi connectivity index (χ4n) is 3.53. The van der Waals surface area contributed by atoms with E-state index in [4.69, 9.17) is 4.74 Å². The summed E-state index contributed by atoms with van der Waals surface area (Å²) in [6.45, 7) is 3.21. The number of carbonyl (C=O) groups is 2. The van der Waals surface area contributed by atoms with Crippen LogP contribution in [-0.2, 0) is 9.59 Å². The van der Waals surface area contributed by atoms with Crippen molar-refractivity contribution in [3.8, 4) is 5.88 Å². The SMILES string of the molecule is COc1ccc(N2CCN(C(=O)C3CC(=O)N(c4nccs4)C3)CC2)cn1. The molecule has 0 aromatic carbocycles. The van der Waals surface area contributed by atoms with Crippen LogP contribution >= 0.6 is 11.3 Å². The van der Waals surface area contributed by atoms with Gasteiger partial charge in [-0.05, 0) is 6.07 Å². The van der Waals surface area contributed by atoms with Crippen molar-refractivity contribution in [1.29, 1.82) is 0 Å². The van der Waals surface area contributed by atoms with Gasteiger partial charge < -0.3 is 14.5 Å². The van der Waals surface area contributed by atoms with Crippen LogP contribution in [0.2, 0.25) is 0 Å². The molecule has 0 spiro atoms. The Hall–Kier alpha value is -2.68. The van der Waals surface area contributed by atoms with Gasteiger partial charge in [-0.2, -0.15) is 0 Å². The quantitative estimate of drug-likeness (QED) is 0.786. The highest BCUT2D eigenvalue weighted by atomic mass is 32.1. The molecule has 2 amide bonds. The lowest BCUT2D eigenvalue weighted by molar-refractivity contribution is -0.136. The first-order valence-corrected chi connectivity index (χ1v) is 9.77. The Bertz CT molecular complexity index is 803. The first kappa shape index (κ1) is 17.7. The largest absolute Gasteiger partial charge is 0.481 e. The minimum atomic E-state index is -0.282. The smallest absolute Gasteiger partial charge is 0.229 e. The minimum absolute atomic E-state index is 0.0220. The predicted octanol–water partition coefficient (Wildman–Crippen LogP) is 1.25. The Balaban J connectivity index is 1.34. The summed E-state index contributed by atoms with van der Waals surface area (Å²) >= 11 is 1.42. The van der Waals surface area contributed by atoms with E-state index in [0.717, 1.165) is 18.8 Å². The maximum absolute atomic E-state index is 12.9. The second-order valence-corrected chi connectivity index (χ2v) is 7.46. The fourth-order valence-corrected chi connectivity index (χ4v) is 4.20. The van der Waals surface area contributed by atoms with Gasteiger partial charge in [-0.25, -0.2) is 9.97 Å². The number of aromatic nitrogens is 2. The number of carbonyl (C=O) groups excluding carboxylic acids is 2. The Morgan fingerprint density at radius 1 is 1.22 bits per heavy atom. The van der Waals surface area contributed by atoms with Crippen LogP contribution in [-0.4, -0.2) is 66.5 Å². The summed E-state index contributed by atoms with van der Waals surface area (Å²) in [5, 5.41) is 2.51. The van der Waals surface area contributed by atoms with Crippen LogP contribution in [0.3, 0.4) is 0 Å². The molecular weight excluding hydrogens is 366 g/mol. The summed E-state index contributed by atoms with van der Waals surface area (Å²) in [6.07, 6.45) is 3.73. The monoisotopic (exact) mass is 387 g/mol. The van der Waals surface area contributed by atoms with E-state index in [9.17, 15) is 9.59 Å². The van der Waals surface area contributed by atoms with E-state index in [-0.39, 0.29) is 24.2 Å². The van der Waals surface area contributed by atoms with Gasteiger partial charge in [0.05, 0.1) is 24.9 Å². The van der Waals surface area contributed by atoms with Crippen LogP contribution in [0.1, 0.15) is 6.42 Å². The number of methoxy groups -OCH3 is 1. The number of piperazine rings is 1. The third-order valence-corrected chi connectivity index (χ3v) is 5.81. The van der Waals surface area contributed by atoms with Crippen LogP contribution < -0.4 is 14.5 Å². The molecule has 2 fully saturated rings. The van der Waals surface area contributed by atoms with Gasteiger partial charge in [-0.3, -0.25) is 14.5 Å². The second kappa shape index (κ2) is 7.51. The average Bonchev–Trinajstić information content (AvgIpc) is 3.37. The fraction of sp³-hybridized carbons (Fsp3) is 0.444. The Labute approximate surface area is 161 Å². The number of hydrogen-bond donors (Lipinski definition) is 0. The summed E-state index contributed by atoms with van der Waals surface area (Å²) in [7, 11) is 1.59. The molecule has 27 heavy (non-hydrogen) atoms. The molecule has 0 radical (unpaired) electrons. The number of pyridine rings is 1. The van der Waals surface area contributed by atoms with Gasteiger partial charge in [0, 0.05) is 56.8 Å². The Morgan fingerprint density at radius 3 is 2.67 bits per heavy atom. The van der Waals surface area contributed by atoms with Gasteiger partial charge in [-0.15, -0.1) is 11.3 Å². The standard InChI is InChI=1S/C18H21N5O3S/c1-26-15-3-2-14(11-20-15)21-5-7-22(8-6-21)17(25)13-10-16(24)23(12-13)18-19-4-9-27-18/h2-4,9,11,13H,5-8,10,12H2,1H3. The lowest BCUT2D eigenvalue weighted by Gasteiger charge is -2.37. The molecule has 8 nitrogen and oxygen atoms in total. The molecular formula is C18H21N5O3S. The summed E-state index contributed by atoms with van der Waals surface area (Å²) in [5.41, 5.74) is 1.02. The normalized spacial score (nSPS) is 20.3. The van der Waals surface area contributed by atoms with E-state index in [1.807, 2.05) is 22.4 Å². The van der Waals surface area contributed by atoms with Crippen molar-refractivity contribution in [2.24, 2.45) is 5.92 Å². The predicted molar refractivity (Wildman–Crippen MR) is 102 cm³/mol. The molecule has 0 bridgehead atoms. The van der Waals surface area contributed by atoms with Gasteiger partial charge in [0.15, 0.2) is 5.13 Å². The molecule has 2 aromatic rings. The lowest BCUT2D eigenvalue weighted by atomic mass is 10.1. The van der Waals surface area contributed by atoms with Crippen molar-refractivity contribution in [3.05, 3.63) is 29.9 Å². The molecule has 2 aliphatic heterocycles. The lowest BCUT2D eigenvalue weighted by Crippen LogP contribution is -2.50. The topological polar surface area (TPSA) is 78.9 Å². The zero-order valence-electron chi connectivity index (χ0n) is 15.1. The molecule has 0 aliphatic carbocycles. The molecule has 4 heterocycles. The van der Waals surface area contributed by atoms with Crippen molar-refractivity contribution < 1.29 is 14.3 Å². The summed E-state index contributed by atoms with van der Waals surface area (Å²) in [4.78, 5) is 39.3. The highest BCUT2D eigenvalue weighted by Crippen LogP contribution is 2.28. The second-order valence-electron chi connectivity index (χ2n) is 6.59. The maximum Gasteiger partial charge on any atom is 0.229 e. The summed E-state index contributed by atoms with van der Waals surface area (Å²) < 4.78 is 5.09. The van der Waals surface area contributed by atoms with Crippen molar-refractivity contribution in [2.45, 2.75) is 6.42 Å². The van der Waals surface area contributed by atoms with Gasteiger partial charge in [0.2, 0.25) is 17.7 Å². The van der Waals surface area contributed by atoms with Crippen LogP contribution in [0, 0.1) is 5.92 Å². The van der Waals surface area contributed by atoms with Crippen molar-refractivity contribution in [3.63, 3.8) is 0 Å². The third kappa shape index (κ3) is 3.59. The highest BCUT2D eigenvalue weighted by molar-refractivity contribution is 7.13. The molecule has 2 aliphatic rings. The molecule has 9 heteroatoms. The molecule has 2 saturated heterocycles. The third-order valence-electron chi connectivity index (χ3n) is 5.01. The molecule has 2 aromatic heterocycles. The number of amides is 2. The molecule has 0 saturated carbocycles. The van der Waals surface area contributed by atoms with Crippen LogP contribution in [0.25, 0.3) is 0 Å². The Kier molecular flexibility index (Phi) is 4.93. The number of rotatable bonds is 4. The van der Waals surface area contributed by atoms with Gasteiger partial charge in [0.25, 0.3) is 0 Å². The van der Waals surface area contributed by atoms with Gasteiger partial charge >= 0.3 is 0 Å². The minimum Gasteiger partial charge on any atom is -0.481 e. The zero-order chi connectivity index (χ0) is 18.8. The van der Waals surface area contributed by atoms with Crippen molar-refractivity contribution in [2.75, 3.05) is 49.6 Å². The molecule has 1 atom stereocenters. The zero-order valence-corrected chi connectivity index (χ0v) is 15.9. The van der Waals surface area contributed by atoms with E-state index in [2.05, 4.69) is 14.9 Å². The van der Waals surface area contributed by atoms with Crippen LogP contribution in [0.4, 0.5) is 10.8 Å². The van der Waals surface area contributed by atoms with Crippen molar-refractivity contribution >= 4 is 34.0 Å². The first-order chi connectivity index (χ1) is 13.2. The van der Waals surface area contributed by atoms with Gasteiger partial charge in [0.1, 0.15) is 0 Å². The van der Waals surface area contributed by atoms with E-state index < -0.39 is 0 Å². The summed E-state index contributed by atoms with van der Waals surface area (Å²) in [5.74, 6) is 0.347. The Morgan fingerprint density at radius 2 is 2.04 bits per heavy atom. The summed E-state index contributed by atoms with van der Waals surface area (Å²) in [6, 6.07) is 3.81. The highest BCUT2D eigenvalue weighted by Gasteiger charge is 2.38. The number of anilines is 2. The number of hydrogen-bond acceptors (Lipinski definition) is 7. The molecule has 142 valence electrons. The molecule has 1 unspecified atom stereocenters. The van der Waals surface area contributed by atoms with E-state index in [0.29, 0.717) is 30.6 Å². The maximum atomic E-state index is 12.9. The van der Waals surface area contributed by atoms with E-state index in [1.54, 1.807) is 24.4 Å². The number of nitrogens with zero attached hydrogens (tertiary/aromatic N) is 5. The number of ether oxygens (including phenoxy) is 1. The van der Waals surface area contributed by atoms with Crippen LogP contribution in [0.15, 0.2) is 29.9 Å². The van der Waals surface area contributed by atoms with Gasteiger partial charge in [-0.1, -0.05) is 0 Å². The molecule has 0 N–H and O–H groups in total. The van der Waals surface area contributed by atoms with E-state index in [1.165, 1.54) is 11.3 Å².